The van der Waals surface area contributed by atoms with Gasteiger partial charge in [-0.2, -0.15) is 0 Å². The Hall–Kier alpha value is -1.29. The molecule has 4 heteroatoms. The lowest BCUT2D eigenvalue weighted by molar-refractivity contribution is 0.141. The first-order chi connectivity index (χ1) is 6.75. The Balaban J connectivity index is 2.10. The molecule has 1 heterocycles. The van der Waals surface area contributed by atoms with Crippen molar-refractivity contribution in [2.75, 3.05) is 18.9 Å². The van der Waals surface area contributed by atoms with Gasteiger partial charge < -0.3 is 15.2 Å². The summed E-state index contributed by atoms with van der Waals surface area (Å²) in [6.07, 6.45) is 0.828. The number of hydrogen-bond acceptors (Lipinski definition) is 3. The highest BCUT2D eigenvalue weighted by Crippen LogP contribution is 2.24. The number of nitrogen functional groups attached to an aromatic ring is 1. The third kappa shape index (κ3) is 1.96. The first kappa shape index (κ1) is 9.27. The van der Waals surface area contributed by atoms with Gasteiger partial charge in [0.25, 0.3) is 0 Å². The van der Waals surface area contributed by atoms with Crippen LogP contribution in [0.2, 0.25) is 0 Å². The lowest BCUT2D eigenvalue weighted by Gasteiger charge is -2.13. The van der Waals surface area contributed by atoms with Gasteiger partial charge in [-0.1, -0.05) is 0 Å². The third-order valence-corrected chi connectivity index (χ3v) is 2.16. The molecule has 3 nitrogen and oxygen atoms in total. The minimum atomic E-state index is -0.340. The Morgan fingerprint density at radius 1 is 1.50 bits per heavy atom. The normalized spacial score (nSPS) is 21.1. The van der Waals surface area contributed by atoms with E-state index in [1.165, 1.54) is 18.2 Å². The van der Waals surface area contributed by atoms with E-state index >= 15 is 0 Å². The molecular weight excluding hydrogens is 185 g/mol. The van der Waals surface area contributed by atoms with Gasteiger partial charge in [-0.05, 0) is 12.1 Å². The van der Waals surface area contributed by atoms with E-state index in [0.29, 0.717) is 24.7 Å². The Morgan fingerprint density at radius 3 is 3.07 bits per heavy atom. The fourth-order valence-corrected chi connectivity index (χ4v) is 1.40. The maximum absolute atomic E-state index is 12.9. The SMILES string of the molecule is Nc1ccc(F)cc1O[C@@H]1CCOC1. The van der Waals surface area contributed by atoms with Crippen molar-refractivity contribution >= 4 is 5.69 Å². The molecule has 0 aliphatic carbocycles. The number of rotatable bonds is 2. The van der Waals surface area contributed by atoms with Crippen LogP contribution in [0.15, 0.2) is 18.2 Å². The van der Waals surface area contributed by atoms with Crippen molar-refractivity contribution in [2.45, 2.75) is 12.5 Å². The summed E-state index contributed by atoms with van der Waals surface area (Å²) in [5, 5.41) is 0. The number of benzene rings is 1. The largest absolute Gasteiger partial charge is 0.486 e. The van der Waals surface area contributed by atoms with E-state index in [1.807, 2.05) is 0 Å². The van der Waals surface area contributed by atoms with Gasteiger partial charge in [0, 0.05) is 12.5 Å². The van der Waals surface area contributed by atoms with E-state index in [2.05, 4.69) is 0 Å². The molecule has 0 amide bonds. The molecule has 0 saturated carbocycles. The highest BCUT2D eigenvalue weighted by atomic mass is 19.1. The quantitative estimate of drug-likeness (QED) is 0.732. The van der Waals surface area contributed by atoms with Crippen LogP contribution >= 0.6 is 0 Å². The zero-order valence-corrected chi connectivity index (χ0v) is 7.70. The Bertz CT molecular complexity index is 324. The van der Waals surface area contributed by atoms with Crippen molar-refractivity contribution in [2.24, 2.45) is 0 Å². The van der Waals surface area contributed by atoms with Crippen molar-refractivity contribution < 1.29 is 13.9 Å². The summed E-state index contributed by atoms with van der Waals surface area (Å²) in [5.74, 6) is 0.0635. The molecule has 1 fully saturated rings. The minimum Gasteiger partial charge on any atom is -0.486 e. The van der Waals surface area contributed by atoms with Gasteiger partial charge in [0.2, 0.25) is 0 Å². The summed E-state index contributed by atoms with van der Waals surface area (Å²) in [4.78, 5) is 0. The van der Waals surface area contributed by atoms with E-state index < -0.39 is 0 Å². The van der Waals surface area contributed by atoms with Crippen molar-refractivity contribution in [3.8, 4) is 5.75 Å². The molecule has 14 heavy (non-hydrogen) atoms. The lowest BCUT2D eigenvalue weighted by atomic mass is 10.2. The minimum absolute atomic E-state index is 0.000833. The van der Waals surface area contributed by atoms with Gasteiger partial charge in [0.1, 0.15) is 17.7 Å². The fourth-order valence-electron chi connectivity index (χ4n) is 1.40. The van der Waals surface area contributed by atoms with Crippen LogP contribution in [0.3, 0.4) is 0 Å². The molecule has 1 saturated heterocycles. The molecule has 2 N–H and O–H groups in total. The zero-order valence-electron chi connectivity index (χ0n) is 7.70. The monoisotopic (exact) mass is 197 g/mol. The molecule has 0 aromatic heterocycles. The second-order valence-corrected chi connectivity index (χ2v) is 3.29. The number of hydrogen-bond donors (Lipinski definition) is 1. The van der Waals surface area contributed by atoms with Crippen LogP contribution in [-0.2, 0) is 4.74 Å². The van der Waals surface area contributed by atoms with Crippen molar-refractivity contribution in [1.29, 1.82) is 0 Å². The molecular formula is C10H12FNO2. The molecule has 1 aliphatic rings. The summed E-state index contributed by atoms with van der Waals surface area (Å²) in [7, 11) is 0. The van der Waals surface area contributed by atoms with E-state index in [4.69, 9.17) is 15.2 Å². The van der Waals surface area contributed by atoms with Crippen LogP contribution in [0.1, 0.15) is 6.42 Å². The molecule has 1 aliphatic heterocycles. The van der Waals surface area contributed by atoms with Gasteiger partial charge in [-0.25, -0.2) is 4.39 Å². The smallest absolute Gasteiger partial charge is 0.145 e. The van der Waals surface area contributed by atoms with Crippen molar-refractivity contribution in [3.05, 3.63) is 24.0 Å². The Morgan fingerprint density at radius 2 is 2.36 bits per heavy atom. The third-order valence-electron chi connectivity index (χ3n) is 2.16. The molecule has 0 radical (unpaired) electrons. The van der Waals surface area contributed by atoms with E-state index in [1.54, 1.807) is 0 Å². The average Bonchev–Trinajstić information content (AvgIpc) is 2.64. The van der Waals surface area contributed by atoms with Crippen LogP contribution < -0.4 is 10.5 Å². The van der Waals surface area contributed by atoms with E-state index in [0.717, 1.165) is 6.42 Å². The van der Waals surface area contributed by atoms with Crippen LogP contribution in [-0.4, -0.2) is 19.3 Å². The Labute approximate surface area is 81.6 Å². The van der Waals surface area contributed by atoms with E-state index in [-0.39, 0.29) is 11.9 Å². The number of ether oxygens (including phenoxy) is 2. The predicted molar refractivity (Wildman–Crippen MR) is 50.7 cm³/mol. The highest BCUT2D eigenvalue weighted by Gasteiger charge is 2.18. The first-order valence-electron chi connectivity index (χ1n) is 4.55. The summed E-state index contributed by atoms with van der Waals surface area (Å²) in [5.41, 5.74) is 6.09. The molecule has 0 spiro atoms. The lowest BCUT2D eigenvalue weighted by Crippen LogP contribution is -2.16. The average molecular weight is 197 g/mol. The second-order valence-electron chi connectivity index (χ2n) is 3.29. The number of anilines is 1. The summed E-state index contributed by atoms with van der Waals surface area (Å²) >= 11 is 0. The standard InChI is InChI=1S/C10H12FNO2/c11-7-1-2-9(12)10(5-7)14-8-3-4-13-6-8/h1-2,5,8H,3-4,6,12H2/t8-/m1/s1. The van der Waals surface area contributed by atoms with Gasteiger partial charge in [0.15, 0.2) is 0 Å². The number of halogens is 1. The van der Waals surface area contributed by atoms with Crippen LogP contribution in [0.25, 0.3) is 0 Å². The molecule has 0 unspecified atom stereocenters. The molecule has 0 bridgehead atoms. The maximum atomic E-state index is 12.9. The van der Waals surface area contributed by atoms with Gasteiger partial charge in [0.05, 0.1) is 18.9 Å². The zero-order chi connectivity index (χ0) is 9.97. The predicted octanol–water partition coefficient (Wildman–Crippen LogP) is 1.58. The molecule has 1 aromatic carbocycles. The molecule has 2 rings (SSSR count). The highest BCUT2D eigenvalue weighted by molar-refractivity contribution is 5.52. The summed E-state index contributed by atoms with van der Waals surface area (Å²) < 4.78 is 23.5. The summed E-state index contributed by atoms with van der Waals surface area (Å²) in [6.45, 7) is 1.25. The van der Waals surface area contributed by atoms with Crippen LogP contribution in [0.4, 0.5) is 10.1 Å². The first-order valence-corrected chi connectivity index (χ1v) is 4.55. The topological polar surface area (TPSA) is 44.5 Å². The van der Waals surface area contributed by atoms with Gasteiger partial charge in [-0.15, -0.1) is 0 Å². The fraction of sp³-hybridized carbons (Fsp3) is 0.400. The number of nitrogens with two attached hydrogens (primary N) is 1. The van der Waals surface area contributed by atoms with Crippen molar-refractivity contribution in [1.82, 2.24) is 0 Å². The van der Waals surface area contributed by atoms with Gasteiger partial charge >= 0.3 is 0 Å². The van der Waals surface area contributed by atoms with Crippen LogP contribution in [0, 0.1) is 5.82 Å². The summed E-state index contributed by atoms with van der Waals surface area (Å²) in [6, 6.07) is 4.11. The maximum Gasteiger partial charge on any atom is 0.145 e. The molecule has 1 atom stereocenters. The van der Waals surface area contributed by atoms with E-state index in [9.17, 15) is 4.39 Å². The van der Waals surface area contributed by atoms with Crippen LogP contribution in [0.5, 0.6) is 5.75 Å². The van der Waals surface area contributed by atoms with Gasteiger partial charge in [-0.3, -0.25) is 0 Å². The van der Waals surface area contributed by atoms with Crippen molar-refractivity contribution in [3.63, 3.8) is 0 Å². The Kier molecular flexibility index (Phi) is 2.54. The molecule has 1 aromatic rings. The second kappa shape index (κ2) is 3.84. The molecule has 76 valence electrons.